The van der Waals surface area contributed by atoms with Crippen LogP contribution in [-0.4, -0.2) is 16.5 Å². The van der Waals surface area contributed by atoms with Gasteiger partial charge in [-0.1, -0.05) is 25.3 Å². The third-order valence-corrected chi connectivity index (χ3v) is 4.40. The van der Waals surface area contributed by atoms with E-state index < -0.39 is 0 Å². The molecule has 0 atom stereocenters. The second-order valence-electron chi connectivity index (χ2n) is 5.17. The average Bonchev–Trinajstić information content (AvgIpc) is 3.02. The number of aromatic nitrogens is 1. The molecule has 3 rings (SSSR count). The highest BCUT2D eigenvalue weighted by atomic mass is 32.1. The van der Waals surface area contributed by atoms with Crippen LogP contribution in [0.25, 0.3) is 0 Å². The summed E-state index contributed by atoms with van der Waals surface area (Å²) in [4.78, 5) is 17.3. The molecule has 0 radical (unpaired) electrons. The molecule has 0 bridgehead atoms. The van der Waals surface area contributed by atoms with Gasteiger partial charge in [0.25, 0.3) is 5.91 Å². The molecule has 1 fully saturated rings. The fraction of sp³-hybridized carbons (Fsp3) is 0.375. The van der Waals surface area contributed by atoms with Crippen molar-refractivity contribution in [3.63, 3.8) is 0 Å². The molecule has 0 unspecified atom stereocenters. The number of pyridine rings is 1. The van der Waals surface area contributed by atoms with E-state index in [0.29, 0.717) is 6.04 Å². The lowest BCUT2D eigenvalue weighted by molar-refractivity contribution is 0.0955. The highest BCUT2D eigenvalue weighted by Gasteiger charge is 2.13. The van der Waals surface area contributed by atoms with Gasteiger partial charge < -0.3 is 0 Å². The molecule has 4 heteroatoms. The second-order valence-corrected chi connectivity index (χ2v) is 5.95. The summed E-state index contributed by atoms with van der Waals surface area (Å²) in [5.74, 6) is 0.00131. The van der Waals surface area contributed by atoms with Crippen LogP contribution < -0.4 is 5.49 Å². The summed E-state index contributed by atoms with van der Waals surface area (Å²) in [6, 6.07) is 7.98. The number of rotatable bonds is 2. The minimum atomic E-state index is 0.00131. The van der Waals surface area contributed by atoms with Gasteiger partial charge in [-0.3, -0.25) is 14.4 Å². The van der Waals surface area contributed by atoms with Gasteiger partial charge in [0, 0.05) is 11.6 Å². The quantitative estimate of drug-likeness (QED) is 0.832. The first kappa shape index (κ1) is 13.3. The third-order valence-electron chi connectivity index (χ3n) is 3.71. The van der Waals surface area contributed by atoms with Crippen molar-refractivity contribution >= 4 is 17.2 Å². The van der Waals surface area contributed by atoms with Gasteiger partial charge in [0.05, 0.1) is 11.6 Å². The molecular formula is C16H18N2OS. The number of carbonyl (C=O) groups excluding carboxylic acids is 1. The maximum Gasteiger partial charge on any atom is 0.264 e. The Balaban J connectivity index is 1.95. The van der Waals surface area contributed by atoms with Crippen molar-refractivity contribution in [1.29, 1.82) is 0 Å². The van der Waals surface area contributed by atoms with Gasteiger partial charge in [-0.2, -0.15) is 11.3 Å². The molecule has 0 amide bonds. The van der Waals surface area contributed by atoms with E-state index in [1.165, 1.54) is 30.6 Å². The summed E-state index contributed by atoms with van der Waals surface area (Å²) in [5.41, 5.74) is 1.50. The van der Waals surface area contributed by atoms with Crippen LogP contribution in [0, 0.1) is 0 Å². The lowest BCUT2D eigenvalue weighted by atomic mass is 9.96. The smallest absolute Gasteiger partial charge is 0.264 e. The predicted molar refractivity (Wildman–Crippen MR) is 80.9 cm³/mol. The molecule has 1 saturated carbocycles. The van der Waals surface area contributed by atoms with Crippen molar-refractivity contribution < 1.29 is 4.79 Å². The molecule has 0 spiro atoms. The lowest BCUT2D eigenvalue weighted by Crippen LogP contribution is -2.29. The van der Waals surface area contributed by atoms with Crippen molar-refractivity contribution in [3.05, 3.63) is 52.3 Å². The van der Waals surface area contributed by atoms with Crippen LogP contribution in [-0.2, 0) is 0 Å². The predicted octanol–water partition coefficient (Wildman–Crippen LogP) is 3.47. The standard InChI is InChI=1S/C16H18N2OS/c19-16(13-9-11-20-12-13)18-10-5-4-8-15(18)17-14-6-2-1-3-7-14/h4-5,8-12,14H,1-3,6-7H2. The summed E-state index contributed by atoms with van der Waals surface area (Å²) < 4.78 is 1.66. The number of nitrogens with zero attached hydrogens (tertiary/aromatic N) is 2. The van der Waals surface area contributed by atoms with E-state index in [-0.39, 0.29) is 5.91 Å². The summed E-state index contributed by atoms with van der Waals surface area (Å²) in [5, 5.41) is 3.81. The van der Waals surface area contributed by atoms with E-state index in [1.54, 1.807) is 4.57 Å². The Morgan fingerprint density at radius 2 is 2.05 bits per heavy atom. The second kappa shape index (κ2) is 6.18. The minimum absolute atomic E-state index is 0.00131. The summed E-state index contributed by atoms with van der Waals surface area (Å²) >= 11 is 1.54. The number of hydrogen-bond donors (Lipinski definition) is 0. The molecule has 1 aliphatic carbocycles. The molecule has 0 aromatic carbocycles. The first-order chi connectivity index (χ1) is 9.84. The average molecular weight is 286 g/mol. The Morgan fingerprint density at radius 3 is 2.80 bits per heavy atom. The van der Waals surface area contributed by atoms with Crippen LogP contribution in [0.3, 0.4) is 0 Å². The lowest BCUT2D eigenvalue weighted by Gasteiger charge is -2.17. The van der Waals surface area contributed by atoms with E-state index in [1.807, 2.05) is 41.2 Å². The molecular weight excluding hydrogens is 268 g/mol. The topological polar surface area (TPSA) is 34.4 Å². The van der Waals surface area contributed by atoms with Crippen molar-refractivity contribution in [2.75, 3.05) is 0 Å². The van der Waals surface area contributed by atoms with Gasteiger partial charge in [0.2, 0.25) is 0 Å². The SMILES string of the molecule is O=C(c1ccsc1)n1ccccc1=NC1CCCCC1. The van der Waals surface area contributed by atoms with Crippen LogP contribution in [0.15, 0.2) is 46.2 Å². The maximum absolute atomic E-state index is 12.5. The Labute approximate surface area is 122 Å². The fourth-order valence-corrected chi connectivity index (χ4v) is 3.26. The minimum Gasteiger partial charge on any atom is -0.268 e. The van der Waals surface area contributed by atoms with E-state index in [2.05, 4.69) is 0 Å². The molecule has 0 aliphatic heterocycles. The molecule has 2 heterocycles. The van der Waals surface area contributed by atoms with Crippen LogP contribution in [0.5, 0.6) is 0 Å². The molecule has 2 aromatic heterocycles. The van der Waals surface area contributed by atoms with Crippen molar-refractivity contribution in [3.8, 4) is 0 Å². The van der Waals surface area contributed by atoms with Crippen molar-refractivity contribution in [2.45, 2.75) is 38.1 Å². The Kier molecular flexibility index (Phi) is 4.11. The molecule has 2 aromatic rings. The first-order valence-corrected chi connectivity index (χ1v) is 8.07. The molecule has 0 N–H and O–H groups in total. The van der Waals surface area contributed by atoms with Crippen LogP contribution in [0.4, 0.5) is 0 Å². The van der Waals surface area contributed by atoms with Gasteiger partial charge in [-0.05, 0) is 36.4 Å². The molecule has 104 valence electrons. The van der Waals surface area contributed by atoms with Crippen molar-refractivity contribution in [2.24, 2.45) is 4.99 Å². The van der Waals surface area contributed by atoms with E-state index in [4.69, 9.17) is 4.99 Å². The fourth-order valence-electron chi connectivity index (χ4n) is 2.63. The first-order valence-electron chi connectivity index (χ1n) is 7.13. The van der Waals surface area contributed by atoms with Gasteiger partial charge in [-0.15, -0.1) is 0 Å². The van der Waals surface area contributed by atoms with Crippen molar-refractivity contribution in [1.82, 2.24) is 4.57 Å². The Hall–Kier alpha value is -1.68. The third kappa shape index (κ3) is 2.90. The van der Waals surface area contributed by atoms with Gasteiger partial charge in [0.15, 0.2) is 0 Å². The number of carbonyl (C=O) groups is 1. The number of hydrogen-bond acceptors (Lipinski definition) is 3. The molecule has 1 aliphatic rings. The van der Waals surface area contributed by atoms with Gasteiger partial charge >= 0.3 is 0 Å². The van der Waals surface area contributed by atoms with Gasteiger partial charge in [0.1, 0.15) is 5.49 Å². The highest BCUT2D eigenvalue weighted by molar-refractivity contribution is 7.08. The normalized spacial score (nSPS) is 17.3. The van der Waals surface area contributed by atoms with Crippen LogP contribution >= 0.6 is 11.3 Å². The molecule has 20 heavy (non-hydrogen) atoms. The highest BCUT2D eigenvalue weighted by Crippen LogP contribution is 2.19. The Bertz CT molecular complexity index is 637. The van der Waals surface area contributed by atoms with E-state index in [0.717, 1.165) is 23.9 Å². The summed E-state index contributed by atoms with van der Waals surface area (Å²) in [6.07, 6.45) is 7.90. The Morgan fingerprint density at radius 1 is 1.20 bits per heavy atom. The maximum atomic E-state index is 12.5. The molecule has 3 nitrogen and oxygen atoms in total. The summed E-state index contributed by atoms with van der Waals surface area (Å²) in [7, 11) is 0. The van der Waals surface area contributed by atoms with Crippen LogP contribution in [0.1, 0.15) is 42.5 Å². The zero-order valence-corrected chi connectivity index (χ0v) is 12.2. The number of thiophene rings is 1. The summed E-state index contributed by atoms with van der Waals surface area (Å²) in [6.45, 7) is 0. The van der Waals surface area contributed by atoms with Gasteiger partial charge in [-0.25, -0.2) is 0 Å². The largest absolute Gasteiger partial charge is 0.268 e. The molecule has 0 saturated heterocycles. The van der Waals surface area contributed by atoms with Crippen LogP contribution in [0.2, 0.25) is 0 Å². The zero-order chi connectivity index (χ0) is 13.8. The monoisotopic (exact) mass is 286 g/mol. The zero-order valence-electron chi connectivity index (χ0n) is 11.4. The van der Waals surface area contributed by atoms with E-state index in [9.17, 15) is 4.79 Å². The van der Waals surface area contributed by atoms with E-state index >= 15 is 0 Å².